The first-order valence-electron chi connectivity index (χ1n) is 26.1. The van der Waals surface area contributed by atoms with Crippen LogP contribution < -0.4 is 46.4 Å². The van der Waals surface area contributed by atoms with E-state index >= 15 is 0 Å². The normalized spacial score (nSPS) is 18.8. The second kappa shape index (κ2) is 23.5. The average molecular weight is 937 g/mol. The van der Waals surface area contributed by atoms with Gasteiger partial charge in [0.15, 0.2) is 11.8 Å². The number of allylic oxidation sites excluding steroid dienone is 2. The number of hydrogen-bond acceptors (Lipinski definition) is 7. The molecular weight excluding hydrogens is 853 g/mol. The van der Waals surface area contributed by atoms with Gasteiger partial charge in [0.1, 0.15) is 6.04 Å². The lowest BCUT2D eigenvalue weighted by molar-refractivity contribution is -0.292. The third-order valence-corrected chi connectivity index (χ3v) is 15.1. The first-order chi connectivity index (χ1) is 32.2. The molecule has 2 aromatic rings. The molecule has 0 radical (unpaired) electrons. The average Bonchev–Trinajstić information content (AvgIpc) is 3.60. The Kier molecular flexibility index (Phi) is 18.7. The van der Waals surface area contributed by atoms with Gasteiger partial charge in [0.2, 0.25) is 29.0 Å². The Morgan fingerprint density at radius 3 is 1.65 bits per heavy atom. The molecule has 0 bridgehead atoms. The van der Waals surface area contributed by atoms with Crippen LogP contribution in [0.4, 0.5) is 17.1 Å². The molecule has 4 amide bonds. The summed E-state index contributed by atoms with van der Waals surface area (Å²) in [5.74, 6) is -2.12. The fraction of sp³-hybridized carbons (Fsp3) is 0.643. The topological polar surface area (TPSA) is 163 Å². The van der Waals surface area contributed by atoms with Crippen molar-refractivity contribution in [1.29, 1.82) is 0 Å². The van der Waals surface area contributed by atoms with E-state index in [0.29, 0.717) is 35.2 Å². The number of nitrogens with one attached hydrogen (secondary N) is 4. The molecule has 4 N–H and O–H groups in total. The molecule has 2 aliphatic heterocycles. The number of carbonyl (C=O) groups is 5. The lowest BCUT2D eigenvalue weighted by Gasteiger charge is -2.34. The summed E-state index contributed by atoms with van der Waals surface area (Å²) in [4.78, 5) is 70.1. The highest BCUT2D eigenvalue weighted by molar-refractivity contribution is 6.52. The number of carbonyl (C=O) groups excluding carboxylic acids is 5. The van der Waals surface area contributed by atoms with Gasteiger partial charge in [0.25, 0.3) is 0 Å². The van der Waals surface area contributed by atoms with Crippen molar-refractivity contribution in [2.75, 3.05) is 28.6 Å². The predicted molar refractivity (Wildman–Crippen MR) is 275 cm³/mol. The highest BCUT2D eigenvalue weighted by Gasteiger charge is 2.47. The molecule has 2 aromatic carbocycles. The number of ketones is 1. The van der Waals surface area contributed by atoms with E-state index in [1.54, 1.807) is 0 Å². The fourth-order valence-electron chi connectivity index (χ4n) is 10.5. The molecule has 0 fully saturated rings. The van der Waals surface area contributed by atoms with Crippen LogP contribution in [0.15, 0.2) is 30.0 Å². The van der Waals surface area contributed by atoms with Crippen molar-refractivity contribution in [3.63, 3.8) is 0 Å². The van der Waals surface area contributed by atoms with Crippen LogP contribution in [0.5, 0.6) is 0 Å². The molecule has 2 atom stereocenters. The minimum atomic E-state index is -0.474. The Balaban J connectivity index is 1.51. The Labute approximate surface area is 407 Å². The fourth-order valence-corrected chi connectivity index (χ4v) is 10.5. The molecule has 5 rings (SSSR count). The number of nitrogens with zero attached hydrogens (tertiary/aromatic N) is 2. The van der Waals surface area contributed by atoms with Crippen LogP contribution in [-0.2, 0) is 34.8 Å². The molecule has 12 nitrogen and oxygen atoms in total. The SMILES string of the molecule is CCCCCCCCNC(=O)CCC(=O)Nc1cc2c(cc1C1=C([O-])/C(=c3/cc4c(cc3NC(=O)CCC(=O)NCCCCCCCC)=[N+](C(C)C)C(C)C4(C)C)C1=O)C(C)(C)C(C)N2C(C)C. The van der Waals surface area contributed by atoms with E-state index in [9.17, 15) is 29.1 Å². The third-order valence-electron chi connectivity index (χ3n) is 15.1. The Hall–Kier alpha value is -5.00. The summed E-state index contributed by atoms with van der Waals surface area (Å²) in [6, 6.07) is 7.96. The monoisotopic (exact) mass is 937 g/mol. The number of hydrogen-bond donors (Lipinski definition) is 4. The van der Waals surface area contributed by atoms with Gasteiger partial charge in [-0.1, -0.05) is 97.7 Å². The highest BCUT2D eigenvalue weighted by Crippen LogP contribution is 2.50. The standard InChI is InChI=1S/C56H84N6O6/c1-13-15-17-19-21-23-29-57-47(63)25-27-49(65)59-43-33-45-41(55(9,10)37(7)61(45)35(3)4)31-39(43)51-53(67)52(54(51)68)40-32-42-46(62(36(5)6)38(8)56(42,11)12)34-44(40)60-50(66)28-26-48(64)58-30-24-22-20-18-16-14-2/h31-38H,13-30H2,1-12H3,(H4,57,58,59,60,63,64,65,66,67,68). The summed E-state index contributed by atoms with van der Waals surface area (Å²) < 4.78 is 2.30. The van der Waals surface area contributed by atoms with Crippen molar-refractivity contribution in [2.45, 2.75) is 221 Å². The summed E-state index contributed by atoms with van der Waals surface area (Å²) in [6.07, 6.45) is 13.2. The minimum Gasteiger partial charge on any atom is -0.871 e. The van der Waals surface area contributed by atoms with Crippen LogP contribution in [0.3, 0.4) is 0 Å². The number of unbranched alkanes of at least 4 members (excludes halogenated alkanes) is 10. The molecule has 1 aliphatic carbocycles. The van der Waals surface area contributed by atoms with Crippen molar-refractivity contribution in [3.05, 3.63) is 57.3 Å². The molecule has 3 aliphatic rings. The zero-order valence-electron chi connectivity index (χ0n) is 43.7. The molecule has 0 saturated carbocycles. The van der Waals surface area contributed by atoms with Crippen LogP contribution in [0.1, 0.15) is 203 Å². The van der Waals surface area contributed by atoms with Gasteiger partial charge in [0, 0.05) is 95.5 Å². The van der Waals surface area contributed by atoms with Gasteiger partial charge >= 0.3 is 0 Å². The zero-order chi connectivity index (χ0) is 50.1. The number of rotatable bonds is 25. The smallest absolute Gasteiger partial charge is 0.224 e. The number of amides is 4. The molecule has 0 saturated heterocycles. The lowest BCUT2D eigenvalue weighted by atomic mass is 9.76. The van der Waals surface area contributed by atoms with Gasteiger partial charge in [0.05, 0.1) is 16.8 Å². The van der Waals surface area contributed by atoms with E-state index in [1.807, 2.05) is 24.3 Å². The van der Waals surface area contributed by atoms with Crippen molar-refractivity contribution >= 4 is 57.6 Å². The van der Waals surface area contributed by atoms with Gasteiger partial charge in [-0.25, -0.2) is 4.58 Å². The van der Waals surface area contributed by atoms with Crippen LogP contribution in [-0.4, -0.2) is 66.7 Å². The van der Waals surface area contributed by atoms with Gasteiger partial charge in [-0.05, 0) is 92.0 Å². The van der Waals surface area contributed by atoms with Gasteiger partial charge < -0.3 is 31.3 Å². The highest BCUT2D eigenvalue weighted by atomic mass is 16.3. The van der Waals surface area contributed by atoms with Crippen molar-refractivity contribution < 1.29 is 29.1 Å². The van der Waals surface area contributed by atoms with Gasteiger partial charge in [-0.3, -0.25) is 24.0 Å². The Bertz CT molecular complexity index is 2360. The zero-order valence-corrected chi connectivity index (χ0v) is 43.7. The van der Waals surface area contributed by atoms with Gasteiger partial charge in [-0.15, -0.1) is 0 Å². The molecular formula is C56H84N6O6. The summed E-state index contributed by atoms with van der Waals surface area (Å²) in [5.41, 5.74) is 3.09. The third kappa shape index (κ3) is 12.0. The van der Waals surface area contributed by atoms with Gasteiger partial charge in [-0.2, -0.15) is 0 Å². The Morgan fingerprint density at radius 1 is 0.647 bits per heavy atom. The number of fused-ring (bicyclic) bond motifs is 2. The maximum absolute atomic E-state index is 14.8. The minimum absolute atomic E-state index is 0.0103. The summed E-state index contributed by atoms with van der Waals surface area (Å²) in [7, 11) is 0. The molecule has 2 heterocycles. The van der Waals surface area contributed by atoms with Crippen LogP contribution >= 0.6 is 0 Å². The Morgan fingerprint density at radius 2 is 1.15 bits per heavy atom. The molecule has 68 heavy (non-hydrogen) atoms. The van der Waals surface area contributed by atoms with Crippen LogP contribution in [0.2, 0.25) is 0 Å². The first-order valence-corrected chi connectivity index (χ1v) is 26.1. The quantitative estimate of drug-likeness (QED) is 0.0579. The maximum Gasteiger partial charge on any atom is 0.224 e. The molecule has 12 heteroatoms. The maximum atomic E-state index is 14.8. The predicted octanol–water partition coefficient (Wildman–Crippen LogP) is 8.06. The number of anilines is 3. The van der Waals surface area contributed by atoms with E-state index in [4.69, 9.17) is 0 Å². The van der Waals surface area contributed by atoms with Crippen molar-refractivity contribution in [3.8, 4) is 0 Å². The second-order valence-electron chi connectivity index (χ2n) is 21.4. The van der Waals surface area contributed by atoms with Crippen molar-refractivity contribution in [2.24, 2.45) is 0 Å². The summed E-state index contributed by atoms with van der Waals surface area (Å²) >= 11 is 0. The molecule has 0 aromatic heterocycles. The molecule has 2 unspecified atom stereocenters. The van der Waals surface area contributed by atoms with E-state index < -0.39 is 23.4 Å². The second-order valence-corrected chi connectivity index (χ2v) is 21.4. The molecule has 374 valence electrons. The summed E-state index contributed by atoms with van der Waals surface area (Å²) in [5, 5.41) is 28.0. The van der Waals surface area contributed by atoms with E-state index in [-0.39, 0.29) is 83.6 Å². The van der Waals surface area contributed by atoms with Crippen LogP contribution in [0, 0.1) is 0 Å². The van der Waals surface area contributed by atoms with E-state index in [1.165, 1.54) is 38.5 Å². The number of Topliss-reactive ketones (excluding diaryl/α,β-unsaturated/α-hetero) is 1. The van der Waals surface area contributed by atoms with Crippen molar-refractivity contribution in [1.82, 2.24) is 15.2 Å². The first kappa shape index (κ1) is 53.9. The lowest BCUT2D eigenvalue weighted by Crippen LogP contribution is -2.42. The molecule has 0 spiro atoms. The van der Waals surface area contributed by atoms with E-state index in [2.05, 4.69) is 114 Å². The number of benzene rings is 2. The van der Waals surface area contributed by atoms with Crippen LogP contribution in [0.25, 0.3) is 11.1 Å². The largest absolute Gasteiger partial charge is 0.871 e. The summed E-state index contributed by atoms with van der Waals surface area (Å²) in [6.45, 7) is 26.9. The van der Waals surface area contributed by atoms with E-state index in [0.717, 1.165) is 60.7 Å².